The number of Topliss-reactive ketones (excluding diaryl/α,β-unsaturated/α-hetero) is 1. The molecule has 0 aliphatic heterocycles. The van der Waals surface area contributed by atoms with E-state index < -0.39 is 5.97 Å². The highest BCUT2D eigenvalue weighted by molar-refractivity contribution is 9.10. The maximum Gasteiger partial charge on any atom is 0.306 e. The average molecular weight is 459 g/mol. The van der Waals surface area contributed by atoms with Crippen LogP contribution in [0.25, 0.3) is 10.9 Å². The SMILES string of the molecule is COc1ccc(C(=O)COC(=O)CCc2nc3ccccc3c(=O)n2C)cc1Br. The van der Waals surface area contributed by atoms with Crippen molar-refractivity contribution in [3.63, 3.8) is 0 Å². The fourth-order valence-corrected chi connectivity index (χ4v) is 3.38. The summed E-state index contributed by atoms with van der Waals surface area (Å²) in [6, 6.07) is 11.9. The van der Waals surface area contributed by atoms with Gasteiger partial charge in [-0.25, -0.2) is 4.98 Å². The summed E-state index contributed by atoms with van der Waals surface area (Å²) in [6.07, 6.45) is 0.246. The summed E-state index contributed by atoms with van der Waals surface area (Å²) in [5, 5.41) is 0.526. The Morgan fingerprint density at radius 3 is 2.66 bits per heavy atom. The summed E-state index contributed by atoms with van der Waals surface area (Å²) < 4.78 is 12.3. The van der Waals surface area contributed by atoms with Crippen LogP contribution in [0.3, 0.4) is 0 Å². The van der Waals surface area contributed by atoms with Crippen LogP contribution in [0.2, 0.25) is 0 Å². The Morgan fingerprint density at radius 1 is 1.17 bits per heavy atom. The highest BCUT2D eigenvalue weighted by Gasteiger charge is 2.14. The third-order valence-electron chi connectivity index (χ3n) is 4.47. The normalized spacial score (nSPS) is 10.7. The van der Waals surface area contributed by atoms with E-state index in [1.807, 2.05) is 0 Å². The molecule has 0 radical (unpaired) electrons. The largest absolute Gasteiger partial charge is 0.496 e. The molecule has 0 saturated carbocycles. The molecule has 0 spiro atoms. The first-order chi connectivity index (χ1) is 13.9. The van der Waals surface area contributed by atoms with Crippen LogP contribution in [-0.2, 0) is 23.0 Å². The predicted octanol–water partition coefficient (Wildman–Crippen LogP) is 3.06. The van der Waals surface area contributed by atoms with Crippen LogP contribution in [0.4, 0.5) is 0 Å². The Balaban J connectivity index is 1.60. The van der Waals surface area contributed by atoms with Gasteiger partial charge in [0.25, 0.3) is 5.56 Å². The molecule has 0 saturated heterocycles. The van der Waals surface area contributed by atoms with Crippen molar-refractivity contribution in [2.45, 2.75) is 12.8 Å². The third-order valence-corrected chi connectivity index (χ3v) is 5.09. The van der Waals surface area contributed by atoms with Gasteiger partial charge in [0, 0.05) is 19.0 Å². The molecule has 0 aliphatic rings. The summed E-state index contributed by atoms with van der Waals surface area (Å²) in [6.45, 7) is -0.359. The van der Waals surface area contributed by atoms with Crippen molar-refractivity contribution in [1.82, 2.24) is 9.55 Å². The number of esters is 1. The summed E-state index contributed by atoms with van der Waals surface area (Å²) in [4.78, 5) is 41.1. The number of hydrogen-bond donors (Lipinski definition) is 0. The molecule has 0 atom stereocenters. The first-order valence-corrected chi connectivity index (χ1v) is 9.67. The van der Waals surface area contributed by atoms with E-state index in [0.717, 1.165) is 0 Å². The Labute approximate surface area is 175 Å². The number of ether oxygens (including phenoxy) is 2. The lowest BCUT2D eigenvalue weighted by molar-refractivity contribution is -0.142. The van der Waals surface area contributed by atoms with Gasteiger partial charge in [0.1, 0.15) is 11.6 Å². The lowest BCUT2D eigenvalue weighted by atomic mass is 10.1. The highest BCUT2D eigenvalue weighted by atomic mass is 79.9. The van der Waals surface area contributed by atoms with Gasteiger partial charge >= 0.3 is 5.97 Å². The van der Waals surface area contributed by atoms with E-state index in [1.165, 1.54) is 11.7 Å². The highest BCUT2D eigenvalue weighted by Crippen LogP contribution is 2.25. The summed E-state index contributed by atoms with van der Waals surface area (Å²) in [5.74, 6) is 0.231. The smallest absolute Gasteiger partial charge is 0.306 e. The first kappa shape index (κ1) is 20.7. The van der Waals surface area contributed by atoms with Crippen LogP contribution in [-0.4, -0.2) is 35.0 Å². The van der Waals surface area contributed by atoms with Crippen molar-refractivity contribution in [1.29, 1.82) is 0 Å². The molecule has 0 bridgehead atoms. The van der Waals surface area contributed by atoms with E-state index in [1.54, 1.807) is 49.5 Å². The molecule has 0 amide bonds. The van der Waals surface area contributed by atoms with Crippen molar-refractivity contribution in [2.75, 3.05) is 13.7 Å². The molecular weight excluding hydrogens is 440 g/mol. The van der Waals surface area contributed by atoms with E-state index in [9.17, 15) is 14.4 Å². The van der Waals surface area contributed by atoms with E-state index in [4.69, 9.17) is 9.47 Å². The van der Waals surface area contributed by atoms with Gasteiger partial charge in [-0.2, -0.15) is 0 Å². The Kier molecular flexibility index (Phi) is 6.43. The predicted molar refractivity (Wildman–Crippen MR) is 111 cm³/mol. The fourth-order valence-electron chi connectivity index (χ4n) is 2.84. The van der Waals surface area contributed by atoms with Crippen molar-refractivity contribution in [3.8, 4) is 5.75 Å². The third kappa shape index (κ3) is 4.71. The number of benzene rings is 2. The van der Waals surface area contributed by atoms with Gasteiger partial charge in [-0.3, -0.25) is 19.0 Å². The zero-order valence-corrected chi connectivity index (χ0v) is 17.6. The topological polar surface area (TPSA) is 87.5 Å². The second-order valence-corrected chi connectivity index (χ2v) is 7.20. The van der Waals surface area contributed by atoms with E-state index >= 15 is 0 Å². The molecule has 29 heavy (non-hydrogen) atoms. The number of aromatic nitrogens is 2. The summed E-state index contributed by atoms with van der Waals surface area (Å²) >= 11 is 3.32. The number of rotatable bonds is 7. The van der Waals surface area contributed by atoms with Crippen LogP contribution in [0.15, 0.2) is 51.7 Å². The number of hydrogen-bond acceptors (Lipinski definition) is 6. The molecular formula is C21H19BrN2O5. The lowest BCUT2D eigenvalue weighted by Gasteiger charge is -2.09. The number of methoxy groups -OCH3 is 1. The molecule has 3 rings (SSSR count). The maximum atomic E-state index is 12.4. The molecule has 0 unspecified atom stereocenters. The van der Waals surface area contributed by atoms with E-state index in [2.05, 4.69) is 20.9 Å². The number of ketones is 1. The molecule has 2 aromatic carbocycles. The molecule has 0 aliphatic carbocycles. The Morgan fingerprint density at radius 2 is 1.93 bits per heavy atom. The number of carbonyl (C=O) groups is 2. The number of halogens is 1. The fraction of sp³-hybridized carbons (Fsp3) is 0.238. The van der Waals surface area contributed by atoms with E-state index in [0.29, 0.717) is 32.5 Å². The van der Waals surface area contributed by atoms with Crippen molar-refractivity contribution < 1.29 is 19.1 Å². The lowest BCUT2D eigenvalue weighted by Crippen LogP contribution is -2.23. The molecule has 3 aromatic rings. The van der Waals surface area contributed by atoms with Gasteiger partial charge < -0.3 is 9.47 Å². The van der Waals surface area contributed by atoms with Gasteiger partial charge in [-0.1, -0.05) is 12.1 Å². The number of fused-ring (bicyclic) bond motifs is 1. The van der Waals surface area contributed by atoms with Gasteiger partial charge in [0.15, 0.2) is 12.4 Å². The number of carbonyl (C=O) groups excluding carboxylic acids is 2. The van der Waals surface area contributed by atoms with Crippen LogP contribution >= 0.6 is 15.9 Å². The van der Waals surface area contributed by atoms with Crippen molar-refractivity contribution >= 4 is 38.6 Å². The minimum absolute atomic E-state index is 0.0121. The molecule has 0 N–H and O–H groups in total. The van der Waals surface area contributed by atoms with Crippen LogP contribution in [0.1, 0.15) is 22.6 Å². The molecule has 7 nitrogen and oxygen atoms in total. The Bertz CT molecular complexity index is 1140. The van der Waals surface area contributed by atoms with Crippen LogP contribution in [0, 0.1) is 0 Å². The number of aryl methyl sites for hydroxylation is 1. The second-order valence-electron chi connectivity index (χ2n) is 6.34. The van der Waals surface area contributed by atoms with E-state index in [-0.39, 0.29) is 30.8 Å². The monoisotopic (exact) mass is 458 g/mol. The zero-order valence-electron chi connectivity index (χ0n) is 16.0. The Hall–Kier alpha value is -3.00. The molecule has 150 valence electrons. The number of nitrogens with zero attached hydrogens (tertiary/aromatic N) is 2. The molecule has 8 heteroatoms. The molecule has 1 aromatic heterocycles. The van der Waals surface area contributed by atoms with Crippen LogP contribution in [0.5, 0.6) is 5.75 Å². The zero-order chi connectivity index (χ0) is 21.0. The first-order valence-electron chi connectivity index (χ1n) is 8.87. The molecule has 1 heterocycles. The standard InChI is InChI=1S/C21H19BrN2O5/c1-24-19(23-16-6-4-3-5-14(16)21(24)27)9-10-20(26)29-12-17(25)13-7-8-18(28-2)15(22)11-13/h3-8,11H,9-10,12H2,1-2H3. The van der Waals surface area contributed by atoms with Crippen molar-refractivity contribution in [2.24, 2.45) is 7.05 Å². The van der Waals surface area contributed by atoms with Crippen LogP contribution < -0.4 is 10.3 Å². The van der Waals surface area contributed by atoms with Gasteiger partial charge in [0.05, 0.1) is 28.9 Å². The van der Waals surface area contributed by atoms with Gasteiger partial charge in [-0.15, -0.1) is 0 Å². The minimum atomic E-state index is -0.534. The van der Waals surface area contributed by atoms with Gasteiger partial charge in [-0.05, 0) is 46.3 Å². The minimum Gasteiger partial charge on any atom is -0.496 e. The maximum absolute atomic E-state index is 12.4. The van der Waals surface area contributed by atoms with Gasteiger partial charge in [0.2, 0.25) is 0 Å². The second kappa shape index (κ2) is 9.00. The quantitative estimate of drug-likeness (QED) is 0.399. The summed E-state index contributed by atoms with van der Waals surface area (Å²) in [5.41, 5.74) is 0.822. The number of para-hydroxylation sites is 1. The van der Waals surface area contributed by atoms with Crippen molar-refractivity contribution in [3.05, 3.63) is 68.7 Å². The average Bonchev–Trinajstić information content (AvgIpc) is 2.73. The molecule has 0 fully saturated rings. The summed E-state index contributed by atoms with van der Waals surface area (Å²) in [7, 11) is 3.15.